The van der Waals surface area contributed by atoms with Crippen molar-refractivity contribution >= 4 is 34.1 Å². The van der Waals surface area contributed by atoms with Gasteiger partial charge in [0.25, 0.3) is 5.91 Å². The van der Waals surface area contributed by atoms with Gasteiger partial charge in [0.15, 0.2) is 5.13 Å². The van der Waals surface area contributed by atoms with Crippen LogP contribution in [0.5, 0.6) is 0 Å². The zero-order chi connectivity index (χ0) is 24.3. The number of thiazole rings is 1. The molecule has 0 fully saturated rings. The Bertz CT molecular complexity index is 1310. The van der Waals surface area contributed by atoms with Crippen molar-refractivity contribution in [2.24, 2.45) is 0 Å². The molecule has 0 aliphatic heterocycles. The van der Waals surface area contributed by atoms with Gasteiger partial charge in [-0.25, -0.2) is 14.1 Å². The summed E-state index contributed by atoms with van der Waals surface area (Å²) in [5, 5.41) is 12.4. The molecule has 0 spiro atoms. The van der Waals surface area contributed by atoms with Crippen molar-refractivity contribution in [2.75, 3.05) is 10.6 Å². The molecule has 174 valence electrons. The van der Waals surface area contributed by atoms with E-state index in [-0.39, 0.29) is 29.5 Å². The largest absolute Gasteiger partial charge is 0.310 e. The first-order valence-electron chi connectivity index (χ1n) is 10.7. The second-order valence-corrected chi connectivity index (χ2v) is 9.60. The maximum Gasteiger partial charge on any atom is 0.257 e. The zero-order valence-electron chi connectivity index (χ0n) is 19.0. The average molecular weight is 478 g/mol. The number of hydrogen-bond acceptors (Lipinski definition) is 5. The molecule has 0 aliphatic carbocycles. The van der Waals surface area contributed by atoms with E-state index < -0.39 is 0 Å². The molecule has 34 heavy (non-hydrogen) atoms. The molecule has 0 radical (unpaired) electrons. The Labute approximate surface area is 200 Å². The van der Waals surface area contributed by atoms with Gasteiger partial charge in [0.05, 0.1) is 23.5 Å². The highest BCUT2D eigenvalue weighted by atomic mass is 32.1. The van der Waals surface area contributed by atoms with Crippen LogP contribution in [0.25, 0.3) is 5.69 Å². The fourth-order valence-corrected chi connectivity index (χ4v) is 3.88. The molecule has 2 aromatic carbocycles. The van der Waals surface area contributed by atoms with Crippen LogP contribution in [0.2, 0.25) is 0 Å². The SMILES string of the molecule is CC(C)(C)c1cc(NC(=O)Cc2csc(NC(=O)c3ccccc3)n2)n(-c2ccc(F)cc2)n1. The number of rotatable bonds is 6. The van der Waals surface area contributed by atoms with Gasteiger partial charge in [0.1, 0.15) is 11.6 Å². The summed E-state index contributed by atoms with van der Waals surface area (Å²) in [6.07, 6.45) is 0.0250. The van der Waals surface area contributed by atoms with Crippen LogP contribution in [0.15, 0.2) is 66.0 Å². The number of anilines is 2. The lowest BCUT2D eigenvalue weighted by molar-refractivity contribution is -0.115. The van der Waals surface area contributed by atoms with E-state index in [0.29, 0.717) is 27.9 Å². The van der Waals surface area contributed by atoms with Crippen molar-refractivity contribution < 1.29 is 14.0 Å². The standard InChI is InChI=1S/C25H24FN5O2S/c1-25(2,3)20-14-21(31(30-20)19-11-9-17(26)10-12-19)28-22(32)13-18-15-34-24(27-18)29-23(33)16-7-5-4-6-8-16/h4-12,14-15H,13H2,1-3H3,(H,28,32)(H,27,29,33). The summed E-state index contributed by atoms with van der Waals surface area (Å²) in [5.41, 5.74) is 2.24. The van der Waals surface area contributed by atoms with E-state index >= 15 is 0 Å². The molecule has 0 saturated carbocycles. The summed E-state index contributed by atoms with van der Waals surface area (Å²) in [4.78, 5) is 29.5. The lowest BCUT2D eigenvalue weighted by Crippen LogP contribution is -2.17. The number of aromatic nitrogens is 3. The number of carbonyl (C=O) groups excluding carboxylic acids is 2. The molecule has 2 heterocycles. The van der Waals surface area contributed by atoms with Gasteiger partial charge in [-0.1, -0.05) is 39.0 Å². The predicted octanol–water partition coefficient (Wildman–Crippen LogP) is 5.20. The minimum atomic E-state index is -0.351. The monoisotopic (exact) mass is 477 g/mol. The first-order chi connectivity index (χ1) is 16.2. The van der Waals surface area contributed by atoms with E-state index in [1.807, 2.05) is 32.9 Å². The predicted molar refractivity (Wildman–Crippen MR) is 131 cm³/mol. The molecule has 0 aliphatic rings. The van der Waals surface area contributed by atoms with Crippen molar-refractivity contribution in [3.63, 3.8) is 0 Å². The van der Waals surface area contributed by atoms with Gasteiger partial charge in [-0.3, -0.25) is 14.9 Å². The molecule has 7 nitrogen and oxygen atoms in total. The molecule has 4 aromatic rings. The molecule has 9 heteroatoms. The quantitative estimate of drug-likeness (QED) is 0.400. The number of nitrogens with one attached hydrogen (secondary N) is 2. The summed E-state index contributed by atoms with van der Waals surface area (Å²) in [6.45, 7) is 6.07. The molecule has 0 bridgehead atoms. The molecular formula is C25H24FN5O2S. The van der Waals surface area contributed by atoms with Crippen molar-refractivity contribution in [2.45, 2.75) is 32.6 Å². The van der Waals surface area contributed by atoms with E-state index in [1.165, 1.54) is 23.5 Å². The number of carbonyl (C=O) groups is 2. The maximum absolute atomic E-state index is 13.4. The first-order valence-corrected chi connectivity index (χ1v) is 11.5. The number of hydrogen-bond donors (Lipinski definition) is 2. The van der Waals surface area contributed by atoms with E-state index in [0.717, 1.165) is 5.69 Å². The van der Waals surface area contributed by atoms with Crippen LogP contribution in [0.4, 0.5) is 15.3 Å². The summed E-state index contributed by atoms with van der Waals surface area (Å²) in [6, 6.07) is 16.6. The van der Waals surface area contributed by atoms with Crippen LogP contribution in [0, 0.1) is 5.82 Å². The third kappa shape index (κ3) is 5.55. The fourth-order valence-electron chi connectivity index (χ4n) is 3.17. The molecule has 0 atom stereocenters. The number of nitrogens with zero attached hydrogens (tertiary/aromatic N) is 3. The lowest BCUT2D eigenvalue weighted by atomic mass is 9.92. The van der Waals surface area contributed by atoms with Gasteiger partial charge in [0, 0.05) is 22.4 Å². The zero-order valence-corrected chi connectivity index (χ0v) is 19.8. The molecule has 2 N–H and O–H groups in total. The average Bonchev–Trinajstić information content (AvgIpc) is 3.42. The molecule has 2 amide bonds. The van der Waals surface area contributed by atoms with E-state index in [2.05, 4.69) is 20.7 Å². The van der Waals surface area contributed by atoms with Crippen molar-refractivity contribution in [3.05, 3.63) is 88.8 Å². The second kappa shape index (κ2) is 9.56. The Balaban J connectivity index is 1.47. The topological polar surface area (TPSA) is 88.9 Å². The highest BCUT2D eigenvalue weighted by Gasteiger charge is 2.22. The number of amides is 2. The van der Waals surface area contributed by atoms with Crippen molar-refractivity contribution in [3.8, 4) is 5.69 Å². The van der Waals surface area contributed by atoms with Gasteiger partial charge in [-0.15, -0.1) is 11.3 Å². The van der Waals surface area contributed by atoms with Crippen LogP contribution >= 0.6 is 11.3 Å². The molecule has 4 rings (SSSR count). The Morgan fingerprint density at radius 2 is 1.74 bits per heavy atom. The van der Waals surface area contributed by atoms with Gasteiger partial charge in [0.2, 0.25) is 5.91 Å². The van der Waals surface area contributed by atoms with Crippen molar-refractivity contribution in [1.29, 1.82) is 0 Å². The number of halogens is 1. The maximum atomic E-state index is 13.4. The Morgan fingerprint density at radius 1 is 1.03 bits per heavy atom. The lowest BCUT2D eigenvalue weighted by Gasteiger charge is -2.14. The Morgan fingerprint density at radius 3 is 2.41 bits per heavy atom. The van der Waals surface area contributed by atoms with Gasteiger partial charge >= 0.3 is 0 Å². The molecule has 0 unspecified atom stereocenters. The molecule has 0 saturated heterocycles. The number of benzene rings is 2. The van der Waals surface area contributed by atoms with Crippen LogP contribution in [-0.4, -0.2) is 26.6 Å². The smallest absolute Gasteiger partial charge is 0.257 e. The highest BCUT2D eigenvalue weighted by molar-refractivity contribution is 7.14. The molecule has 2 aromatic heterocycles. The first kappa shape index (κ1) is 23.3. The summed E-state index contributed by atoms with van der Waals surface area (Å²) in [5.74, 6) is -0.413. The third-order valence-electron chi connectivity index (χ3n) is 4.97. The highest BCUT2D eigenvalue weighted by Crippen LogP contribution is 2.27. The van der Waals surface area contributed by atoms with Crippen molar-refractivity contribution in [1.82, 2.24) is 14.8 Å². The summed E-state index contributed by atoms with van der Waals surface area (Å²) in [7, 11) is 0. The minimum Gasteiger partial charge on any atom is -0.310 e. The van der Waals surface area contributed by atoms with E-state index in [9.17, 15) is 14.0 Å². The summed E-state index contributed by atoms with van der Waals surface area (Å²) < 4.78 is 15.0. The fraction of sp³-hybridized carbons (Fsp3) is 0.200. The van der Waals surface area contributed by atoms with Gasteiger partial charge in [-0.2, -0.15) is 5.10 Å². The Kier molecular flexibility index (Phi) is 6.56. The second-order valence-electron chi connectivity index (χ2n) is 8.74. The van der Waals surface area contributed by atoms with E-state index in [4.69, 9.17) is 0 Å². The normalized spacial score (nSPS) is 11.3. The summed E-state index contributed by atoms with van der Waals surface area (Å²) >= 11 is 1.25. The van der Waals surface area contributed by atoms with Gasteiger partial charge in [-0.05, 0) is 36.4 Å². The van der Waals surface area contributed by atoms with Crippen LogP contribution < -0.4 is 10.6 Å². The van der Waals surface area contributed by atoms with Crippen LogP contribution in [-0.2, 0) is 16.6 Å². The van der Waals surface area contributed by atoms with Crippen LogP contribution in [0.1, 0.15) is 42.5 Å². The van der Waals surface area contributed by atoms with Crippen LogP contribution in [0.3, 0.4) is 0 Å². The van der Waals surface area contributed by atoms with Gasteiger partial charge < -0.3 is 5.32 Å². The third-order valence-corrected chi connectivity index (χ3v) is 5.77. The Hall–Kier alpha value is -3.85. The minimum absolute atomic E-state index is 0.0250. The van der Waals surface area contributed by atoms with E-state index in [1.54, 1.807) is 46.5 Å². The molecular weight excluding hydrogens is 453 g/mol.